The minimum Gasteiger partial charge on any atom is -0.354 e. The molecule has 0 spiro atoms. The van der Waals surface area contributed by atoms with E-state index in [1.165, 1.54) is 29.5 Å². The van der Waals surface area contributed by atoms with Crippen LogP contribution in [0.15, 0.2) is 36.5 Å². The van der Waals surface area contributed by atoms with Crippen molar-refractivity contribution in [2.75, 3.05) is 18.0 Å². The van der Waals surface area contributed by atoms with Crippen molar-refractivity contribution in [2.45, 2.75) is 39.3 Å². The number of piperidine rings is 1. The van der Waals surface area contributed by atoms with Crippen LogP contribution in [0.1, 0.15) is 29.5 Å². The maximum Gasteiger partial charge on any atom is 0.151 e. The van der Waals surface area contributed by atoms with Crippen molar-refractivity contribution in [3.63, 3.8) is 0 Å². The van der Waals surface area contributed by atoms with Gasteiger partial charge in [0.2, 0.25) is 0 Å². The summed E-state index contributed by atoms with van der Waals surface area (Å²) in [7, 11) is 0. The zero-order valence-electron chi connectivity index (χ0n) is 13.4. The maximum atomic E-state index is 4.23. The van der Waals surface area contributed by atoms with Gasteiger partial charge < -0.3 is 10.2 Å². The fourth-order valence-corrected chi connectivity index (χ4v) is 3.11. The van der Waals surface area contributed by atoms with Crippen molar-refractivity contribution in [2.24, 2.45) is 0 Å². The van der Waals surface area contributed by atoms with Gasteiger partial charge in [-0.1, -0.05) is 23.8 Å². The van der Waals surface area contributed by atoms with Crippen LogP contribution in [-0.2, 0) is 6.54 Å². The third-order valence-electron chi connectivity index (χ3n) is 4.38. The molecule has 1 aliphatic rings. The maximum absolute atomic E-state index is 4.23. The first-order valence-electron chi connectivity index (χ1n) is 8.04. The van der Waals surface area contributed by atoms with E-state index in [1.807, 2.05) is 12.1 Å². The van der Waals surface area contributed by atoms with E-state index < -0.39 is 0 Å². The highest BCUT2D eigenvalue weighted by atomic mass is 15.3. The van der Waals surface area contributed by atoms with Crippen molar-refractivity contribution < 1.29 is 0 Å². The lowest BCUT2D eigenvalue weighted by molar-refractivity contribution is 0.419. The van der Waals surface area contributed by atoms with E-state index in [9.17, 15) is 0 Å². The summed E-state index contributed by atoms with van der Waals surface area (Å²) in [6, 6.07) is 11.2. The molecule has 0 bridgehead atoms. The molecule has 1 fully saturated rings. The van der Waals surface area contributed by atoms with Gasteiger partial charge >= 0.3 is 0 Å². The van der Waals surface area contributed by atoms with Crippen LogP contribution >= 0.6 is 0 Å². The summed E-state index contributed by atoms with van der Waals surface area (Å²) >= 11 is 0. The average molecular weight is 296 g/mol. The number of nitrogens with zero attached hydrogens (tertiary/aromatic N) is 3. The molecule has 1 aromatic heterocycles. The first-order valence-corrected chi connectivity index (χ1v) is 8.04. The minimum absolute atomic E-state index is 0.511. The second-order valence-corrected chi connectivity index (χ2v) is 6.18. The van der Waals surface area contributed by atoms with Gasteiger partial charge in [-0.2, -0.15) is 5.10 Å². The highest BCUT2D eigenvalue weighted by Gasteiger charge is 2.20. The minimum atomic E-state index is 0.511. The molecule has 1 N–H and O–H groups in total. The lowest BCUT2D eigenvalue weighted by atomic mass is 10.0. The summed E-state index contributed by atoms with van der Waals surface area (Å²) < 4.78 is 0. The Balaban J connectivity index is 1.59. The zero-order chi connectivity index (χ0) is 15.4. The fourth-order valence-electron chi connectivity index (χ4n) is 3.11. The van der Waals surface area contributed by atoms with Gasteiger partial charge in [0.05, 0.1) is 0 Å². The molecule has 0 aliphatic carbocycles. The number of hydrogen-bond acceptors (Lipinski definition) is 4. The lowest BCUT2D eigenvalue weighted by Crippen LogP contribution is -2.45. The number of aryl methyl sites for hydroxylation is 2. The van der Waals surface area contributed by atoms with E-state index in [-0.39, 0.29) is 0 Å². The molecule has 4 nitrogen and oxygen atoms in total. The van der Waals surface area contributed by atoms with E-state index in [0.717, 1.165) is 25.5 Å². The largest absolute Gasteiger partial charge is 0.354 e. The molecule has 4 heteroatoms. The number of rotatable bonds is 4. The van der Waals surface area contributed by atoms with Crippen LogP contribution in [0.2, 0.25) is 0 Å². The SMILES string of the molecule is Cc1ccc(CN[C@@H]2CCCN(c3cccnn3)C2)c(C)c1. The summed E-state index contributed by atoms with van der Waals surface area (Å²) in [6.45, 7) is 7.34. The first kappa shape index (κ1) is 15.0. The van der Waals surface area contributed by atoms with Crippen LogP contribution in [0.4, 0.5) is 5.82 Å². The third kappa shape index (κ3) is 3.63. The van der Waals surface area contributed by atoms with Crippen LogP contribution in [0.3, 0.4) is 0 Å². The Bertz CT molecular complexity index is 612. The van der Waals surface area contributed by atoms with Gasteiger partial charge in [-0.05, 0) is 49.9 Å². The molecule has 2 heterocycles. The molecule has 1 aromatic carbocycles. The van der Waals surface area contributed by atoms with E-state index in [4.69, 9.17) is 0 Å². The normalized spacial score (nSPS) is 18.5. The lowest BCUT2D eigenvalue weighted by Gasteiger charge is -2.33. The summed E-state index contributed by atoms with van der Waals surface area (Å²) in [5, 5.41) is 11.9. The van der Waals surface area contributed by atoms with Gasteiger partial charge in [-0.15, -0.1) is 5.10 Å². The second kappa shape index (κ2) is 6.88. The molecule has 1 saturated heterocycles. The Morgan fingerprint density at radius 2 is 2.18 bits per heavy atom. The van der Waals surface area contributed by atoms with Crippen LogP contribution in [-0.4, -0.2) is 29.3 Å². The summed E-state index contributed by atoms with van der Waals surface area (Å²) in [5.74, 6) is 0.987. The first-order chi connectivity index (χ1) is 10.7. The van der Waals surface area contributed by atoms with Gasteiger partial charge in [-0.3, -0.25) is 0 Å². The molecular weight excluding hydrogens is 272 g/mol. The molecule has 1 aliphatic heterocycles. The Labute approximate surface area is 132 Å². The summed E-state index contributed by atoms with van der Waals surface area (Å²) in [6.07, 6.45) is 4.14. The quantitative estimate of drug-likeness (QED) is 0.942. The molecule has 2 aromatic rings. The monoisotopic (exact) mass is 296 g/mol. The van der Waals surface area contributed by atoms with E-state index >= 15 is 0 Å². The van der Waals surface area contributed by atoms with Gasteiger partial charge in [0.15, 0.2) is 5.82 Å². The van der Waals surface area contributed by atoms with Gasteiger partial charge in [-0.25, -0.2) is 0 Å². The van der Waals surface area contributed by atoms with Crippen LogP contribution < -0.4 is 10.2 Å². The Morgan fingerprint density at radius 3 is 2.95 bits per heavy atom. The van der Waals surface area contributed by atoms with Crippen molar-refractivity contribution in [1.82, 2.24) is 15.5 Å². The smallest absolute Gasteiger partial charge is 0.151 e. The molecule has 116 valence electrons. The van der Waals surface area contributed by atoms with E-state index in [0.29, 0.717) is 6.04 Å². The van der Waals surface area contributed by atoms with Gasteiger partial charge in [0.25, 0.3) is 0 Å². The van der Waals surface area contributed by atoms with Crippen molar-refractivity contribution in [3.05, 3.63) is 53.2 Å². The van der Waals surface area contributed by atoms with Crippen molar-refractivity contribution in [3.8, 4) is 0 Å². The molecule has 22 heavy (non-hydrogen) atoms. The van der Waals surface area contributed by atoms with Gasteiger partial charge in [0, 0.05) is 31.9 Å². The number of aromatic nitrogens is 2. The van der Waals surface area contributed by atoms with Crippen LogP contribution in [0.5, 0.6) is 0 Å². The number of anilines is 1. The molecular formula is C18H24N4. The highest BCUT2D eigenvalue weighted by molar-refractivity contribution is 5.37. The van der Waals surface area contributed by atoms with Crippen molar-refractivity contribution in [1.29, 1.82) is 0 Å². The van der Waals surface area contributed by atoms with E-state index in [1.54, 1.807) is 6.20 Å². The standard InChI is InChI=1S/C18H24N4/c1-14-7-8-16(15(2)11-14)12-19-17-5-4-10-22(13-17)18-6-3-9-20-21-18/h3,6-9,11,17,19H,4-5,10,12-13H2,1-2H3/t17-/m1/s1. The fraction of sp³-hybridized carbons (Fsp3) is 0.444. The number of nitrogens with one attached hydrogen (secondary N) is 1. The Hall–Kier alpha value is -1.94. The predicted molar refractivity (Wildman–Crippen MR) is 90.0 cm³/mol. The third-order valence-corrected chi connectivity index (χ3v) is 4.38. The molecule has 0 saturated carbocycles. The van der Waals surface area contributed by atoms with Crippen LogP contribution in [0.25, 0.3) is 0 Å². The zero-order valence-corrected chi connectivity index (χ0v) is 13.4. The second-order valence-electron chi connectivity index (χ2n) is 6.18. The number of hydrogen-bond donors (Lipinski definition) is 1. The summed E-state index contributed by atoms with van der Waals surface area (Å²) in [5.41, 5.74) is 4.09. The van der Waals surface area contributed by atoms with Gasteiger partial charge in [0.1, 0.15) is 0 Å². The van der Waals surface area contributed by atoms with Crippen LogP contribution in [0, 0.1) is 13.8 Å². The predicted octanol–water partition coefficient (Wildman–Crippen LogP) is 2.85. The van der Waals surface area contributed by atoms with Crippen molar-refractivity contribution >= 4 is 5.82 Å². The van der Waals surface area contributed by atoms with E-state index in [2.05, 4.69) is 52.5 Å². The molecule has 3 rings (SSSR count). The Kier molecular flexibility index (Phi) is 4.68. The average Bonchev–Trinajstić information content (AvgIpc) is 2.55. The molecule has 0 unspecified atom stereocenters. The molecule has 0 radical (unpaired) electrons. The summed E-state index contributed by atoms with van der Waals surface area (Å²) in [4.78, 5) is 2.33. The number of benzene rings is 1. The topological polar surface area (TPSA) is 41.0 Å². The molecule has 0 amide bonds. The highest BCUT2D eigenvalue weighted by Crippen LogP contribution is 2.17. The molecule has 1 atom stereocenters. The Morgan fingerprint density at radius 1 is 1.27 bits per heavy atom.